The summed E-state index contributed by atoms with van der Waals surface area (Å²) in [5.41, 5.74) is 0.304. The van der Waals surface area contributed by atoms with Crippen molar-refractivity contribution in [2.24, 2.45) is 0 Å². The van der Waals surface area contributed by atoms with E-state index in [-0.39, 0.29) is 11.4 Å². The summed E-state index contributed by atoms with van der Waals surface area (Å²) in [4.78, 5) is 12.2. The van der Waals surface area contributed by atoms with Crippen molar-refractivity contribution in [3.63, 3.8) is 0 Å². The van der Waals surface area contributed by atoms with Crippen molar-refractivity contribution in [1.29, 1.82) is 0 Å². The molecular weight excluding hydrogens is 212 g/mol. The Balaban J connectivity index is 3.53. The second-order valence-electron chi connectivity index (χ2n) is 3.32. The predicted octanol–water partition coefficient (Wildman–Crippen LogP) is 1.68. The van der Waals surface area contributed by atoms with Gasteiger partial charge in [0.1, 0.15) is 5.75 Å². The Kier molecular flexibility index (Phi) is 3.55. The van der Waals surface area contributed by atoms with E-state index >= 15 is 0 Å². The van der Waals surface area contributed by atoms with E-state index in [1.54, 1.807) is 25.1 Å². The van der Waals surface area contributed by atoms with Gasteiger partial charge in [-0.2, -0.15) is 0 Å². The number of nitro groups is 1. The third-order valence-electron chi connectivity index (χ3n) is 2.15. The Morgan fingerprint density at radius 1 is 1.19 bits per heavy atom. The predicted molar refractivity (Wildman–Crippen MR) is 60.5 cm³/mol. The average Bonchev–Trinajstić information content (AvgIpc) is 2.26. The smallest absolute Gasteiger partial charge is 0.337 e. The number of hydrogen-bond acceptors (Lipinski definition) is 5. The average molecular weight is 226 g/mol. The highest BCUT2D eigenvalue weighted by molar-refractivity contribution is 5.76. The van der Waals surface area contributed by atoms with Crippen LogP contribution in [0.2, 0.25) is 0 Å². The molecule has 6 nitrogen and oxygen atoms in total. The summed E-state index contributed by atoms with van der Waals surface area (Å²) < 4.78 is 10.1. The van der Waals surface area contributed by atoms with E-state index in [1.807, 2.05) is 0 Å². The Hall–Kier alpha value is -1.98. The lowest BCUT2D eigenvalue weighted by Crippen LogP contribution is -2.13. The normalized spacial score (nSPS) is 9.75. The van der Waals surface area contributed by atoms with Crippen molar-refractivity contribution in [3.05, 3.63) is 22.2 Å². The van der Waals surface area contributed by atoms with E-state index in [0.717, 1.165) is 0 Å². The van der Waals surface area contributed by atoms with E-state index in [1.165, 1.54) is 20.3 Å². The Bertz CT molecular complexity index is 404. The number of ether oxygens (including phenoxy) is 2. The fourth-order valence-electron chi connectivity index (χ4n) is 1.48. The summed E-state index contributed by atoms with van der Waals surface area (Å²) in [5, 5.41) is 11.0. The molecule has 0 aliphatic heterocycles. The number of methoxy groups -OCH3 is 2. The zero-order valence-electron chi connectivity index (χ0n) is 9.68. The Morgan fingerprint density at radius 3 is 2.06 bits per heavy atom. The van der Waals surface area contributed by atoms with Crippen LogP contribution in [0.25, 0.3) is 0 Å². The molecule has 0 fully saturated rings. The SMILES string of the molecule is COc1ccc(OC)c([N+](=O)[O-])c1N(C)C. The second kappa shape index (κ2) is 4.69. The zero-order valence-corrected chi connectivity index (χ0v) is 9.68. The molecule has 1 aromatic carbocycles. The van der Waals surface area contributed by atoms with Crippen molar-refractivity contribution in [3.8, 4) is 11.5 Å². The van der Waals surface area contributed by atoms with Crippen molar-refractivity contribution in [1.82, 2.24) is 0 Å². The lowest BCUT2D eigenvalue weighted by Gasteiger charge is -2.17. The molecule has 0 aliphatic rings. The van der Waals surface area contributed by atoms with Crippen LogP contribution in [-0.2, 0) is 0 Å². The number of benzene rings is 1. The highest BCUT2D eigenvalue weighted by Gasteiger charge is 2.26. The molecule has 16 heavy (non-hydrogen) atoms. The zero-order chi connectivity index (χ0) is 12.3. The summed E-state index contributed by atoms with van der Waals surface area (Å²) in [7, 11) is 6.29. The van der Waals surface area contributed by atoms with Crippen LogP contribution in [-0.4, -0.2) is 33.2 Å². The maximum atomic E-state index is 11.0. The van der Waals surface area contributed by atoms with Gasteiger partial charge < -0.3 is 14.4 Å². The first-order valence-corrected chi connectivity index (χ1v) is 4.59. The fourth-order valence-corrected chi connectivity index (χ4v) is 1.48. The van der Waals surface area contributed by atoms with Crippen LogP contribution in [0.15, 0.2) is 12.1 Å². The third-order valence-corrected chi connectivity index (χ3v) is 2.15. The summed E-state index contributed by atoms with van der Waals surface area (Å²) in [5.74, 6) is 0.659. The van der Waals surface area contributed by atoms with Crippen LogP contribution in [0.5, 0.6) is 11.5 Å². The third kappa shape index (κ3) is 2.00. The summed E-state index contributed by atoms with van der Waals surface area (Å²) in [6.45, 7) is 0. The molecule has 1 aromatic rings. The fraction of sp³-hybridized carbons (Fsp3) is 0.400. The van der Waals surface area contributed by atoms with Crippen LogP contribution in [0.4, 0.5) is 11.4 Å². The minimum Gasteiger partial charge on any atom is -0.494 e. The van der Waals surface area contributed by atoms with Gasteiger partial charge >= 0.3 is 5.69 Å². The maximum absolute atomic E-state index is 11.0. The molecule has 6 heteroatoms. The molecule has 0 saturated heterocycles. The van der Waals surface area contributed by atoms with Gasteiger partial charge in [-0.05, 0) is 12.1 Å². The molecule has 0 bridgehead atoms. The van der Waals surface area contributed by atoms with Gasteiger partial charge in [-0.15, -0.1) is 0 Å². The van der Waals surface area contributed by atoms with Gasteiger partial charge in [-0.1, -0.05) is 0 Å². The molecule has 0 aliphatic carbocycles. The number of hydrogen-bond donors (Lipinski definition) is 0. The lowest BCUT2D eigenvalue weighted by molar-refractivity contribution is -0.385. The molecule has 88 valence electrons. The van der Waals surface area contributed by atoms with E-state index in [2.05, 4.69) is 0 Å². The van der Waals surface area contributed by atoms with Gasteiger partial charge in [0.05, 0.1) is 19.1 Å². The number of nitro benzene ring substituents is 1. The van der Waals surface area contributed by atoms with Gasteiger partial charge in [-0.3, -0.25) is 10.1 Å². The highest BCUT2D eigenvalue weighted by atomic mass is 16.6. The highest BCUT2D eigenvalue weighted by Crippen LogP contribution is 2.42. The molecule has 0 heterocycles. The molecule has 0 aromatic heterocycles. The summed E-state index contributed by atoms with van der Waals surface area (Å²) >= 11 is 0. The van der Waals surface area contributed by atoms with E-state index in [9.17, 15) is 10.1 Å². The minimum absolute atomic E-state index is 0.0909. The Morgan fingerprint density at radius 2 is 1.69 bits per heavy atom. The van der Waals surface area contributed by atoms with Gasteiger partial charge in [0.2, 0.25) is 0 Å². The molecular formula is C10H14N2O4. The topological polar surface area (TPSA) is 64.8 Å². The largest absolute Gasteiger partial charge is 0.494 e. The van der Waals surface area contributed by atoms with Crippen LogP contribution in [0, 0.1) is 10.1 Å². The van der Waals surface area contributed by atoms with E-state index in [4.69, 9.17) is 9.47 Å². The van der Waals surface area contributed by atoms with Gasteiger partial charge in [0, 0.05) is 14.1 Å². The first-order valence-electron chi connectivity index (χ1n) is 4.59. The molecule has 0 saturated carbocycles. The van der Waals surface area contributed by atoms with Crippen LogP contribution in [0.3, 0.4) is 0 Å². The number of rotatable bonds is 4. The summed E-state index contributed by atoms with van der Waals surface area (Å²) in [6.07, 6.45) is 0. The van der Waals surface area contributed by atoms with E-state index in [0.29, 0.717) is 11.4 Å². The standard InChI is InChI=1S/C10H14N2O4/c1-11(2)9-7(15-3)5-6-8(16-4)10(9)12(13)14/h5-6H,1-4H3. The molecule has 1 rings (SSSR count). The summed E-state index contributed by atoms with van der Waals surface area (Å²) in [6, 6.07) is 3.16. The molecule has 0 spiro atoms. The molecule has 0 unspecified atom stereocenters. The van der Waals surface area contributed by atoms with E-state index < -0.39 is 4.92 Å². The second-order valence-corrected chi connectivity index (χ2v) is 3.32. The van der Waals surface area contributed by atoms with Crippen molar-refractivity contribution in [2.75, 3.05) is 33.2 Å². The van der Waals surface area contributed by atoms with Crippen molar-refractivity contribution in [2.45, 2.75) is 0 Å². The minimum atomic E-state index is -0.476. The van der Waals surface area contributed by atoms with Crippen molar-refractivity contribution < 1.29 is 14.4 Å². The maximum Gasteiger partial charge on any atom is 0.337 e. The van der Waals surface area contributed by atoms with Gasteiger partial charge in [0.15, 0.2) is 11.4 Å². The first kappa shape index (κ1) is 12.1. The quantitative estimate of drug-likeness (QED) is 0.577. The van der Waals surface area contributed by atoms with Gasteiger partial charge in [0.25, 0.3) is 0 Å². The van der Waals surface area contributed by atoms with Crippen LogP contribution < -0.4 is 14.4 Å². The van der Waals surface area contributed by atoms with Crippen LogP contribution in [0.1, 0.15) is 0 Å². The van der Waals surface area contributed by atoms with Crippen molar-refractivity contribution >= 4 is 11.4 Å². The molecule has 0 radical (unpaired) electrons. The molecule has 0 atom stereocenters. The monoisotopic (exact) mass is 226 g/mol. The van der Waals surface area contributed by atoms with Gasteiger partial charge in [-0.25, -0.2) is 0 Å². The lowest BCUT2D eigenvalue weighted by atomic mass is 10.2. The molecule has 0 N–H and O–H groups in total. The first-order chi connectivity index (χ1) is 7.52. The van der Waals surface area contributed by atoms with Crippen LogP contribution >= 0.6 is 0 Å². The Labute approximate surface area is 93.5 Å². The number of nitrogens with zero attached hydrogens (tertiary/aromatic N) is 2. The number of anilines is 1. The molecule has 0 amide bonds.